The molecule has 3 aliphatic rings. The smallest absolute Gasteiger partial charge is 0.266 e. The lowest BCUT2D eigenvalue weighted by Crippen LogP contribution is -2.51. The molecule has 3 aliphatic heterocycles. The van der Waals surface area contributed by atoms with Crippen LogP contribution in [0.25, 0.3) is 33.2 Å². The average molecular weight is 540 g/mol. The summed E-state index contributed by atoms with van der Waals surface area (Å²) in [6, 6.07) is 3.64. The predicted molar refractivity (Wildman–Crippen MR) is 144 cm³/mol. The van der Waals surface area contributed by atoms with Crippen molar-refractivity contribution in [1.29, 1.82) is 0 Å². The number of alkyl halides is 1. The van der Waals surface area contributed by atoms with E-state index in [1.165, 1.54) is 0 Å². The predicted octanol–water partition coefficient (Wildman–Crippen LogP) is 4.75. The molecule has 9 nitrogen and oxygen atoms in total. The summed E-state index contributed by atoms with van der Waals surface area (Å²) in [6.07, 6.45) is 5.76. The van der Waals surface area contributed by atoms with Crippen molar-refractivity contribution in [2.45, 2.75) is 69.9 Å². The van der Waals surface area contributed by atoms with Crippen LogP contribution in [0.15, 0.2) is 23.1 Å². The van der Waals surface area contributed by atoms with E-state index in [0.29, 0.717) is 39.9 Å². The van der Waals surface area contributed by atoms with E-state index in [4.69, 9.17) is 26.4 Å². The number of nitrogens with zero attached hydrogens (tertiary/aromatic N) is 7. The second-order valence-corrected chi connectivity index (χ2v) is 11.5. The highest BCUT2D eigenvalue weighted by molar-refractivity contribution is 6.38. The molecule has 38 heavy (non-hydrogen) atoms. The largest absolute Gasteiger partial charge is 0.356 e. The summed E-state index contributed by atoms with van der Waals surface area (Å²) in [7, 11) is 3.57. The highest BCUT2D eigenvalue weighted by Gasteiger charge is 2.47. The first-order valence-electron chi connectivity index (χ1n) is 13.5. The maximum atomic E-state index is 15.3. The van der Waals surface area contributed by atoms with Crippen LogP contribution >= 0.6 is 11.6 Å². The summed E-state index contributed by atoms with van der Waals surface area (Å²) >= 11 is 6.89. The Morgan fingerprint density at radius 2 is 1.97 bits per heavy atom. The van der Waals surface area contributed by atoms with E-state index < -0.39 is 6.17 Å². The van der Waals surface area contributed by atoms with Crippen molar-refractivity contribution in [3.8, 4) is 11.3 Å². The van der Waals surface area contributed by atoms with Crippen LogP contribution in [-0.2, 0) is 18.8 Å². The van der Waals surface area contributed by atoms with Crippen molar-refractivity contribution in [1.82, 2.24) is 29.1 Å². The lowest BCUT2D eigenvalue weighted by atomic mass is 9.91. The fraction of sp³-hybridized carbons (Fsp3) is 0.556. The van der Waals surface area contributed by atoms with E-state index in [0.717, 1.165) is 49.4 Å². The van der Waals surface area contributed by atoms with Gasteiger partial charge < -0.3 is 9.64 Å². The van der Waals surface area contributed by atoms with E-state index in [1.54, 1.807) is 21.0 Å². The second-order valence-electron chi connectivity index (χ2n) is 11.1. The van der Waals surface area contributed by atoms with Crippen LogP contribution in [0.5, 0.6) is 0 Å². The number of rotatable bonds is 3. The van der Waals surface area contributed by atoms with Crippen LogP contribution in [-0.4, -0.2) is 54.0 Å². The van der Waals surface area contributed by atoms with E-state index in [-0.39, 0.29) is 29.8 Å². The summed E-state index contributed by atoms with van der Waals surface area (Å²) in [5.41, 5.74) is 2.13. The summed E-state index contributed by atoms with van der Waals surface area (Å²) < 4.78 is 26.4. The minimum Gasteiger partial charge on any atom is -0.356 e. The van der Waals surface area contributed by atoms with Gasteiger partial charge >= 0.3 is 0 Å². The molecule has 11 heteroatoms. The van der Waals surface area contributed by atoms with Gasteiger partial charge in [0.15, 0.2) is 11.9 Å². The lowest BCUT2D eigenvalue weighted by molar-refractivity contribution is -0.0368. The molecular formula is C27H31ClFN7O2. The molecule has 0 aliphatic carbocycles. The zero-order chi connectivity index (χ0) is 26.3. The van der Waals surface area contributed by atoms with Crippen LogP contribution < -0.4 is 10.5 Å². The van der Waals surface area contributed by atoms with Gasteiger partial charge in [-0.05, 0) is 56.6 Å². The van der Waals surface area contributed by atoms with Gasteiger partial charge in [-0.15, -0.1) is 0 Å². The van der Waals surface area contributed by atoms with Crippen molar-refractivity contribution in [2.24, 2.45) is 20.0 Å². The normalized spacial score (nSPS) is 27.6. The first-order valence-corrected chi connectivity index (χ1v) is 13.9. The topological polar surface area (TPSA) is 83.0 Å². The molecule has 0 saturated carbocycles. The van der Waals surface area contributed by atoms with E-state index in [1.807, 2.05) is 32.3 Å². The van der Waals surface area contributed by atoms with Gasteiger partial charge in [0.25, 0.3) is 5.56 Å². The summed E-state index contributed by atoms with van der Waals surface area (Å²) in [5, 5.41) is 11.1. The van der Waals surface area contributed by atoms with Crippen molar-refractivity contribution in [2.75, 3.05) is 11.5 Å². The quantitative estimate of drug-likeness (QED) is 0.373. The number of piperidine rings is 1. The molecule has 200 valence electrons. The molecule has 3 aromatic heterocycles. The molecule has 3 saturated heterocycles. The minimum atomic E-state index is -0.950. The Hall–Kier alpha value is -2.98. The van der Waals surface area contributed by atoms with Crippen molar-refractivity contribution in [3.63, 3.8) is 0 Å². The molecule has 0 amide bonds. The maximum absolute atomic E-state index is 15.3. The fourth-order valence-electron chi connectivity index (χ4n) is 6.76. The number of fused-ring (bicyclic) bond motifs is 4. The van der Waals surface area contributed by atoms with E-state index in [2.05, 4.69) is 10.00 Å². The van der Waals surface area contributed by atoms with Gasteiger partial charge in [-0.3, -0.25) is 14.0 Å². The Kier molecular flexibility index (Phi) is 5.56. The highest BCUT2D eigenvalue weighted by Crippen LogP contribution is 2.43. The van der Waals surface area contributed by atoms with Gasteiger partial charge in [0.1, 0.15) is 17.3 Å². The van der Waals surface area contributed by atoms with Crippen molar-refractivity contribution < 1.29 is 9.13 Å². The van der Waals surface area contributed by atoms with E-state index >= 15 is 4.39 Å². The number of hydrogen-bond donors (Lipinski definition) is 0. The Morgan fingerprint density at radius 3 is 2.76 bits per heavy atom. The second kappa shape index (κ2) is 8.77. The van der Waals surface area contributed by atoms with Crippen LogP contribution in [0, 0.1) is 5.92 Å². The molecular weight excluding hydrogens is 509 g/mol. The monoisotopic (exact) mass is 539 g/mol. The third kappa shape index (κ3) is 3.45. The molecule has 4 aromatic rings. The number of aryl methyl sites for hydroxylation is 1. The lowest BCUT2D eigenvalue weighted by Gasteiger charge is -2.41. The van der Waals surface area contributed by atoms with Crippen molar-refractivity contribution >= 4 is 39.5 Å². The van der Waals surface area contributed by atoms with Crippen molar-refractivity contribution in [3.05, 3.63) is 33.7 Å². The van der Waals surface area contributed by atoms with Crippen LogP contribution in [0.3, 0.4) is 0 Å². The Balaban J connectivity index is 1.47. The molecule has 0 spiro atoms. The van der Waals surface area contributed by atoms with Gasteiger partial charge in [-0.25, -0.2) is 9.07 Å². The summed E-state index contributed by atoms with van der Waals surface area (Å²) in [5.74, 6) is 0.503. The van der Waals surface area contributed by atoms with Gasteiger partial charge in [0.2, 0.25) is 5.95 Å². The number of aromatic nitrogens is 6. The molecule has 1 aromatic carbocycles. The molecule has 3 fully saturated rings. The fourth-order valence-corrected chi connectivity index (χ4v) is 7.06. The average Bonchev–Trinajstić information content (AvgIpc) is 3.59. The maximum Gasteiger partial charge on any atom is 0.266 e. The number of benzene rings is 1. The summed E-state index contributed by atoms with van der Waals surface area (Å²) in [6.45, 7) is 2.60. The Bertz CT molecular complexity index is 1620. The molecule has 0 radical (unpaired) electrons. The van der Waals surface area contributed by atoms with Crippen LogP contribution in [0.4, 0.5) is 10.3 Å². The number of hydrogen-bond acceptors (Lipinski definition) is 6. The van der Waals surface area contributed by atoms with Crippen LogP contribution in [0.1, 0.15) is 51.7 Å². The molecule has 5 atom stereocenters. The molecule has 2 bridgehead atoms. The molecule has 0 N–H and O–H groups in total. The molecule has 6 heterocycles. The van der Waals surface area contributed by atoms with Gasteiger partial charge in [-0.1, -0.05) is 18.5 Å². The Labute approximate surface area is 224 Å². The Morgan fingerprint density at radius 1 is 1.13 bits per heavy atom. The third-order valence-corrected chi connectivity index (χ3v) is 9.07. The zero-order valence-corrected chi connectivity index (χ0v) is 22.5. The third-order valence-electron chi connectivity index (χ3n) is 8.66. The van der Waals surface area contributed by atoms with Gasteiger partial charge in [0.05, 0.1) is 16.6 Å². The number of ether oxygens (including phenoxy) is 1. The van der Waals surface area contributed by atoms with E-state index in [9.17, 15) is 4.79 Å². The zero-order valence-electron chi connectivity index (χ0n) is 21.8. The van der Waals surface area contributed by atoms with Crippen LogP contribution in [0.2, 0.25) is 5.02 Å². The first kappa shape index (κ1) is 24.1. The van der Waals surface area contributed by atoms with Gasteiger partial charge in [0, 0.05) is 43.9 Å². The van der Waals surface area contributed by atoms with Gasteiger partial charge in [-0.2, -0.15) is 15.2 Å². The number of halogens is 2. The summed E-state index contributed by atoms with van der Waals surface area (Å²) in [4.78, 5) is 21.2. The number of anilines is 1. The molecule has 7 rings (SSSR count). The first-order chi connectivity index (χ1) is 18.3. The highest BCUT2D eigenvalue weighted by atomic mass is 35.5. The SMILES string of the molecule is C[C@H]1C[C@H]2CC[C@@H]([C@@H]1F)N2c1nc2c(c(-c3ccc4nn(C)cc4c3Cl)nn2C2CCCCO2)c(=O)n1C. The standard InChI is InChI=1S/C27H31ClFN7O2/c1-14-12-15-7-10-19(23(14)29)35(15)27-30-25-21(26(37)34(27)3)24(32-36(25)20-6-4-5-11-38-20)16-8-9-18-17(22(16)28)13-33(2)31-18/h8-9,13-15,19-20,23H,4-7,10-12H2,1-3H3/t14-,15+,19-,20?,23+/m0/s1. The minimum absolute atomic E-state index is 0.00168. The molecule has 1 unspecified atom stereocenters.